The van der Waals surface area contributed by atoms with Crippen molar-refractivity contribution in [3.05, 3.63) is 29.7 Å². The third kappa shape index (κ3) is 4.67. The van der Waals surface area contributed by atoms with Crippen LogP contribution in [0.25, 0.3) is 11.1 Å². The predicted molar refractivity (Wildman–Crippen MR) is 84.1 cm³/mol. The van der Waals surface area contributed by atoms with E-state index in [1.807, 2.05) is 26.0 Å². The first kappa shape index (κ1) is 18.7. The lowest BCUT2D eigenvalue weighted by Gasteiger charge is -2.02. The number of hydrogen-bond donors (Lipinski definition) is 2. The van der Waals surface area contributed by atoms with Gasteiger partial charge in [-0.1, -0.05) is 6.92 Å². The van der Waals surface area contributed by atoms with Crippen LogP contribution in [-0.4, -0.2) is 30.5 Å². The summed E-state index contributed by atoms with van der Waals surface area (Å²) < 4.78 is 5.45. The molecule has 0 bridgehead atoms. The fraction of sp³-hybridized carbons (Fsp3) is 0.385. The first-order valence-corrected chi connectivity index (χ1v) is 6.07. The van der Waals surface area contributed by atoms with E-state index in [1.165, 1.54) is 0 Å². The summed E-state index contributed by atoms with van der Waals surface area (Å²) in [6.45, 7) is 6.15. The molecule has 20 heavy (non-hydrogen) atoms. The van der Waals surface area contributed by atoms with Gasteiger partial charge in [0.25, 0.3) is 5.91 Å². The lowest BCUT2D eigenvalue weighted by atomic mass is 10.3. The molecule has 2 heterocycles. The molecule has 7 heteroatoms. The number of nitrogens with one attached hydrogen (secondary N) is 2. The van der Waals surface area contributed by atoms with Crippen LogP contribution in [0.3, 0.4) is 0 Å². The second kappa shape index (κ2) is 8.79. The minimum atomic E-state index is -0.205. The molecular weight excluding hydrogens is 301 g/mol. The molecule has 2 rings (SSSR count). The number of halogens is 2. The first-order chi connectivity index (χ1) is 8.70. The quantitative estimate of drug-likeness (QED) is 0.830. The molecule has 0 fully saturated rings. The monoisotopic (exact) mass is 319 g/mol. The Morgan fingerprint density at radius 2 is 2.05 bits per heavy atom. The van der Waals surface area contributed by atoms with E-state index in [0.29, 0.717) is 23.4 Å². The molecule has 0 saturated heterocycles. The van der Waals surface area contributed by atoms with Crippen molar-refractivity contribution < 1.29 is 9.21 Å². The van der Waals surface area contributed by atoms with Gasteiger partial charge in [-0.15, -0.1) is 24.8 Å². The number of furan rings is 1. The zero-order chi connectivity index (χ0) is 13.0. The number of rotatable bonds is 5. The van der Waals surface area contributed by atoms with E-state index in [9.17, 15) is 4.79 Å². The molecule has 2 aromatic heterocycles. The molecule has 0 atom stereocenters. The second-order valence-electron chi connectivity index (χ2n) is 4.06. The number of aromatic nitrogens is 1. The normalized spacial score (nSPS) is 9.70. The number of carbonyl (C=O) groups is 1. The summed E-state index contributed by atoms with van der Waals surface area (Å²) in [6.07, 6.45) is 0. The van der Waals surface area contributed by atoms with Crippen LogP contribution in [0, 0.1) is 6.92 Å². The van der Waals surface area contributed by atoms with Crippen molar-refractivity contribution in [1.29, 1.82) is 0 Å². The zero-order valence-electron chi connectivity index (χ0n) is 11.4. The fourth-order valence-corrected chi connectivity index (χ4v) is 1.67. The summed E-state index contributed by atoms with van der Waals surface area (Å²) in [5.74, 6) is 0.100. The van der Waals surface area contributed by atoms with Crippen LogP contribution >= 0.6 is 24.8 Å². The van der Waals surface area contributed by atoms with Crippen LogP contribution in [0.5, 0.6) is 0 Å². The average Bonchev–Trinajstić information content (AvgIpc) is 2.77. The molecule has 0 unspecified atom stereocenters. The lowest BCUT2D eigenvalue weighted by molar-refractivity contribution is 0.0928. The van der Waals surface area contributed by atoms with E-state index in [1.54, 1.807) is 6.07 Å². The Balaban J connectivity index is 0.00000180. The molecule has 0 radical (unpaired) electrons. The molecule has 0 aliphatic carbocycles. The van der Waals surface area contributed by atoms with Crippen molar-refractivity contribution in [2.45, 2.75) is 13.8 Å². The number of fused-ring (bicyclic) bond motifs is 1. The molecule has 0 aromatic carbocycles. The van der Waals surface area contributed by atoms with Gasteiger partial charge in [-0.05, 0) is 25.6 Å². The van der Waals surface area contributed by atoms with Crippen molar-refractivity contribution in [1.82, 2.24) is 15.6 Å². The van der Waals surface area contributed by atoms with Gasteiger partial charge in [0.1, 0.15) is 5.52 Å². The molecule has 0 saturated carbocycles. The van der Waals surface area contributed by atoms with Crippen LogP contribution in [0.1, 0.15) is 23.2 Å². The number of pyridine rings is 1. The Labute approximate surface area is 130 Å². The predicted octanol–water partition coefficient (Wildman–Crippen LogP) is 2.32. The lowest BCUT2D eigenvalue weighted by Crippen LogP contribution is -2.31. The fourth-order valence-electron chi connectivity index (χ4n) is 1.67. The van der Waals surface area contributed by atoms with Gasteiger partial charge in [0.05, 0.1) is 0 Å². The van der Waals surface area contributed by atoms with Gasteiger partial charge in [0.15, 0.2) is 11.3 Å². The van der Waals surface area contributed by atoms with Crippen molar-refractivity contribution in [3.8, 4) is 0 Å². The van der Waals surface area contributed by atoms with Gasteiger partial charge >= 0.3 is 0 Å². The van der Waals surface area contributed by atoms with E-state index >= 15 is 0 Å². The molecule has 112 valence electrons. The minimum absolute atomic E-state index is 0. The largest absolute Gasteiger partial charge is 0.449 e. The van der Waals surface area contributed by atoms with Crippen LogP contribution in [0.4, 0.5) is 0 Å². The maximum atomic E-state index is 11.8. The molecule has 0 aliphatic rings. The minimum Gasteiger partial charge on any atom is -0.449 e. The van der Waals surface area contributed by atoms with Crippen molar-refractivity contribution >= 4 is 41.8 Å². The highest BCUT2D eigenvalue weighted by molar-refractivity contribution is 5.95. The highest BCUT2D eigenvalue weighted by Gasteiger charge is 2.12. The maximum Gasteiger partial charge on any atom is 0.287 e. The molecule has 5 nitrogen and oxygen atoms in total. The Hall–Kier alpha value is -1.30. The standard InChI is InChI=1S/C13H17N3O2.2ClH/c1-3-14-6-7-15-13(17)12-8-10-11(18-12)5-4-9(2)16-10;;/h4-5,8,14H,3,6-7H2,1-2H3,(H,15,17);2*1H. The Kier molecular flexibility index (Phi) is 8.22. The second-order valence-corrected chi connectivity index (χ2v) is 4.06. The van der Waals surface area contributed by atoms with E-state index in [2.05, 4.69) is 15.6 Å². The van der Waals surface area contributed by atoms with E-state index in [0.717, 1.165) is 18.8 Å². The number of hydrogen-bond acceptors (Lipinski definition) is 4. The highest BCUT2D eigenvalue weighted by atomic mass is 35.5. The van der Waals surface area contributed by atoms with Gasteiger partial charge in [0, 0.05) is 24.8 Å². The number of carbonyl (C=O) groups excluding carboxylic acids is 1. The molecule has 0 aliphatic heterocycles. The van der Waals surface area contributed by atoms with Gasteiger partial charge in [-0.2, -0.15) is 0 Å². The van der Waals surface area contributed by atoms with E-state index in [-0.39, 0.29) is 30.7 Å². The maximum absolute atomic E-state index is 11.8. The third-order valence-electron chi connectivity index (χ3n) is 2.57. The Bertz CT molecular complexity index is 558. The van der Waals surface area contributed by atoms with Gasteiger partial charge in [-0.3, -0.25) is 4.79 Å². The highest BCUT2D eigenvalue weighted by Crippen LogP contribution is 2.17. The van der Waals surface area contributed by atoms with Crippen LogP contribution in [0.15, 0.2) is 22.6 Å². The Morgan fingerprint density at radius 1 is 1.30 bits per heavy atom. The SMILES string of the molecule is CCNCCNC(=O)c1cc2nc(C)ccc2o1.Cl.Cl. The summed E-state index contributed by atoms with van der Waals surface area (Å²) in [4.78, 5) is 16.1. The number of aryl methyl sites for hydroxylation is 1. The molecular formula is C13H19Cl2N3O2. The van der Waals surface area contributed by atoms with Crippen molar-refractivity contribution in [2.75, 3.05) is 19.6 Å². The third-order valence-corrected chi connectivity index (χ3v) is 2.57. The van der Waals surface area contributed by atoms with E-state index in [4.69, 9.17) is 4.42 Å². The number of amides is 1. The molecule has 0 spiro atoms. The molecule has 2 aromatic rings. The van der Waals surface area contributed by atoms with E-state index < -0.39 is 0 Å². The number of nitrogens with zero attached hydrogens (tertiary/aromatic N) is 1. The summed E-state index contributed by atoms with van der Waals surface area (Å²) in [6, 6.07) is 5.36. The summed E-state index contributed by atoms with van der Waals surface area (Å²) in [5.41, 5.74) is 2.26. The smallest absolute Gasteiger partial charge is 0.287 e. The summed E-state index contributed by atoms with van der Waals surface area (Å²) in [7, 11) is 0. The van der Waals surface area contributed by atoms with Crippen LogP contribution in [-0.2, 0) is 0 Å². The van der Waals surface area contributed by atoms with Crippen molar-refractivity contribution in [3.63, 3.8) is 0 Å². The van der Waals surface area contributed by atoms with Gasteiger partial charge in [-0.25, -0.2) is 4.98 Å². The first-order valence-electron chi connectivity index (χ1n) is 6.07. The van der Waals surface area contributed by atoms with Gasteiger partial charge < -0.3 is 15.1 Å². The van der Waals surface area contributed by atoms with Crippen molar-refractivity contribution in [2.24, 2.45) is 0 Å². The average molecular weight is 320 g/mol. The zero-order valence-corrected chi connectivity index (χ0v) is 13.1. The topological polar surface area (TPSA) is 67.2 Å². The van der Waals surface area contributed by atoms with Gasteiger partial charge in [0.2, 0.25) is 0 Å². The molecule has 2 N–H and O–H groups in total. The number of likely N-dealkylation sites (N-methyl/N-ethyl adjacent to an activating group) is 1. The molecule has 1 amide bonds. The summed E-state index contributed by atoms with van der Waals surface area (Å²) >= 11 is 0. The Morgan fingerprint density at radius 3 is 2.75 bits per heavy atom. The van der Waals surface area contributed by atoms with Crippen LogP contribution in [0.2, 0.25) is 0 Å². The summed E-state index contributed by atoms with van der Waals surface area (Å²) in [5, 5.41) is 5.92. The van der Waals surface area contributed by atoms with Crippen LogP contribution < -0.4 is 10.6 Å².